The number of sulfonamides is 1. The SMILES string of the molecule is Cc1cc(-c2ccc(S(=O)(=O)N(CC(C)C)C(=O)O)cc2)cc(C)c1OC(=O)c1oc2ccccc2c1C. The molecule has 4 rings (SSSR count). The maximum atomic E-state index is 12.9. The molecular formula is C29H29NO7S. The largest absolute Gasteiger partial charge is 0.464 e. The van der Waals surface area contributed by atoms with Crippen LogP contribution in [0.4, 0.5) is 4.79 Å². The Labute approximate surface area is 221 Å². The molecule has 0 atom stereocenters. The van der Waals surface area contributed by atoms with Gasteiger partial charge in [0, 0.05) is 17.5 Å². The van der Waals surface area contributed by atoms with Crippen molar-refractivity contribution in [1.29, 1.82) is 0 Å². The van der Waals surface area contributed by atoms with E-state index in [9.17, 15) is 23.1 Å². The first-order valence-corrected chi connectivity index (χ1v) is 13.5. The number of hydrogen-bond acceptors (Lipinski definition) is 6. The van der Waals surface area contributed by atoms with E-state index in [1.807, 2.05) is 51.1 Å². The lowest BCUT2D eigenvalue weighted by atomic mass is 10.00. The molecule has 1 heterocycles. The van der Waals surface area contributed by atoms with E-state index in [2.05, 4.69) is 0 Å². The van der Waals surface area contributed by atoms with Crippen molar-refractivity contribution in [2.75, 3.05) is 6.54 Å². The second-order valence-electron chi connectivity index (χ2n) is 9.62. The highest BCUT2D eigenvalue weighted by Crippen LogP contribution is 2.33. The number of carbonyl (C=O) groups excluding carboxylic acids is 1. The van der Waals surface area contributed by atoms with Crippen molar-refractivity contribution in [3.63, 3.8) is 0 Å². The molecule has 1 N–H and O–H groups in total. The highest BCUT2D eigenvalue weighted by molar-refractivity contribution is 7.89. The summed E-state index contributed by atoms with van der Waals surface area (Å²) in [6.45, 7) is 8.81. The van der Waals surface area contributed by atoms with Gasteiger partial charge in [-0.1, -0.05) is 44.2 Å². The van der Waals surface area contributed by atoms with Gasteiger partial charge in [-0.25, -0.2) is 22.3 Å². The zero-order valence-electron chi connectivity index (χ0n) is 21.8. The Morgan fingerprint density at radius 1 is 0.947 bits per heavy atom. The standard InChI is InChI=1S/C29H29NO7S/c1-17(2)16-30(29(32)33)38(34,35)23-12-10-21(11-13-23)22-14-18(3)26(19(4)15-22)37-28(31)27-20(5)24-8-6-7-9-25(24)36-27/h6-15,17H,16H2,1-5H3,(H,32,33). The van der Waals surface area contributed by atoms with E-state index < -0.39 is 22.1 Å². The first-order valence-electron chi connectivity index (χ1n) is 12.1. The third kappa shape index (κ3) is 5.15. The third-order valence-corrected chi connectivity index (χ3v) is 7.96. The van der Waals surface area contributed by atoms with Crippen LogP contribution in [0.15, 0.2) is 70.0 Å². The zero-order chi connectivity index (χ0) is 27.8. The molecule has 198 valence electrons. The first-order chi connectivity index (χ1) is 17.9. The summed E-state index contributed by atoms with van der Waals surface area (Å²) < 4.78 is 37.7. The normalized spacial score (nSPS) is 11.6. The number of carboxylic acid groups (broad SMARTS) is 1. The minimum absolute atomic E-state index is 0.107. The summed E-state index contributed by atoms with van der Waals surface area (Å²) in [5.41, 5.74) is 4.28. The number of nitrogens with zero attached hydrogens (tertiary/aromatic N) is 1. The Balaban J connectivity index is 1.59. The van der Waals surface area contributed by atoms with Gasteiger partial charge >= 0.3 is 12.1 Å². The number of rotatable bonds is 7. The van der Waals surface area contributed by atoms with E-state index >= 15 is 0 Å². The fourth-order valence-corrected chi connectivity index (χ4v) is 5.78. The Morgan fingerprint density at radius 3 is 2.11 bits per heavy atom. The molecule has 0 spiro atoms. The van der Waals surface area contributed by atoms with Crippen LogP contribution in [0.25, 0.3) is 22.1 Å². The van der Waals surface area contributed by atoms with Crippen molar-refractivity contribution in [2.45, 2.75) is 39.5 Å². The van der Waals surface area contributed by atoms with E-state index in [-0.39, 0.29) is 23.1 Å². The van der Waals surface area contributed by atoms with Gasteiger partial charge in [0.05, 0.1) is 4.90 Å². The van der Waals surface area contributed by atoms with E-state index in [1.54, 1.807) is 32.0 Å². The van der Waals surface area contributed by atoms with Crippen LogP contribution in [0.1, 0.15) is 41.1 Å². The monoisotopic (exact) mass is 535 g/mol. The lowest BCUT2D eigenvalue weighted by Crippen LogP contribution is -2.38. The number of carbonyl (C=O) groups is 2. The van der Waals surface area contributed by atoms with Crippen molar-refractivity contribution in [2.24, 2.45) is 5.92 Å². The van der Waals surface area contributed by atoms with Crippen molar-refractivity contribution >= 4 is 33.1 Å². The molecule has 8 nitrogen and oxygen atoms in total. The average molecular weight is 536 g/mol. The molecule has 0 fully saturated rings. The van der Waals surface area contributed by atoms with Crippen LogP contribution >= 0.6 is 0 Å². The molecule has 0 aliphatic heterocycles. The van der Waals surface area contributed by atoms with Crippen LogP contribution < -0.4 is 4.74 Å². The Bertz CT molecular complexity index is 1610. The van der Waals surface area contributed by atoms with Crippen molar-refractivity contribution in [3.8, 4) is 16.9 Å². The minimum atomic E-state index is -4.20. The Kier molecular flexibility index (Phi) is 7.33. The van der Waals surface area contributed by atoms with Gasteiger partial charge in [0.2, 0.25) is 5.76 Å². The molecule has 4 aromatic rings. The van der Waals surface area contributed by atoms with Gasteiger partial charge in [-0.3, -0.25) is 0 Å². The number of fused-ring (bicyclic) bond motifs is 1. The molecule has 0 aliphatic carbocycles. The van der Waals surface area contributed by atoms with Gasteiger partial charge in [0.25, 0.3) is 10.0 Å². The second-order valence-corrected chi connectivity index (χ2v) is 11.5. The molecule has 1 amide bonds. The van der Waals surface area contributed by atoms with E-state index in [0.29, 0.717) is 32.3 Å². The van der Waals surface area contributed by atoms with Gasteiger partial charge in [-0.2, -0.15) is 0 Å². The lowest BCUT2D eigenvalue weighted by molar-refractivity contribution is 0.0700. The summed E-state index contributed by atoms with van der Waals surface area (Å²) in [5.74, 6) is -0.173. The number of furan rings is 1. The Morgan fingerprint density at radius 2 is 1.55 bits per heavy atom. The first kappa shape index (κ1) is 26.9. The predicted molar refractivity (Wildman–Crippen MR) is 144 cm³/mol. The van der Waals surface area contributed by atoms with Crippen molar-refractivity contribution < 1.29 is 32.3 Å². The third-order valence-electron chi connectivity index (χ3n) is 6.20. The summed E-state index contributed by atoms with van der Waals surface area (Å²) in [5, 5.41) is 10.3. The molecule has 0 saturated carbocycles. The van der Waals surface area contributed by atoms with Gasteiger partial charge in [-0.15, -0.1) is 0 Å². The van der Waals surface area contributed by atoms with Gasteiger partial charge < -0.3 is 14.3 Å². The van der Waals surface area contributed by atoms with Crippen LogP contribution in [0.2, 0.25) is 0 Å². The van der Waals surface area contributed by atoms with Gasteiger partial charge in [0.1, 0.15) is 11.3 Å². The summed E-state index contributed by atoms with van der Waals surface area (Å²) >= 11 is 0. The summed E-state index contributed by atoms with van der Waals surface area (Å²) in [6.07, 6.45) is -1.52. The smallest absolute Gasteiger partial charge is 0.421 e. The number of aryl methyl sites for hydroxylation is 3. The number of esters is 1. The minimum Gasteiger partial charge on any atom is -0.464 e. The number of amides is 1. The van der Waals surface area contributed by atoms with E-state index in [0.717, 1.165) is 16.5 Å². The quantitative estimate of drug-likeness (QED) is 0.210. The molecule has 0 unspecified atom stereocenters. The van der Waals surface area contributed by atoms with Crippen molar-refractivity contribution in [1.82, 2.24) is 4.31 Å². The van der Waals surface area contributed by atoms with Crippen LogP contribution in [0, 0.1) is 26.7 Å². The molecule has 3 aromatic carbocycles. The highest BCUT2D eigenvalue weighted by Gasteiger charge is 2.29. The van der Waals surface area contributed by atoms with Crippen molar-refractivity contribution in [3.05, 3.63) is 83.1 Å². The fourth-order valence-electron chi connectivity index (χ4n) is 4.34. The summed E-state index contributed by atoms with van der Waals surface area (Å²) in [6, 6.07) is 17.1. The Hall–Kier alpha value is -4.11. The molecule has 0 saturated heterocycles. The van der Waals surface area contributed by atoms with Crippen LogP contribution in [-0.2, 0) is 10.0 Å². The maximum Gasteiger partial charge on any atom is 0.421 e. The number of para-hydroxylation sites is 1. The van der Waals surface area contributed by atoms with Gasteiger partial charge in [0.15, 0.2) is 0 Å². The predicted octanol–water partition coefficient (Wildman–Crippen LogP) is 6.57. The molecule has 0 bridgehead atoms. The topological polar surface area (TPSA) is 114 Å². The number of benzene rings is 3. The van der Waals surface area contributed by atoms with E-state index in [1.165, 1.54) is 12.1 Å². The molecule has 0 radical (unpaired) electrons. The lowest BCUT2D eigenvalue weighted by Gasteiger charge is -2.21. The zero-order valence-corrected chi connectivity index (χ0v) is 22.6. The molecular weight excluding hydrogens is 506 g/mol. The summed E-state index contributed by atoms with van der Waals surface area (Å²) in [4.78, 5) is 24.4. The van der Waals surface area contributed by atoms with Crippen LogP contribution in [-0.4, -0.2) is 36.4 Å². The molecule has 9 heteroatoms. The average Bonchev–Trinajstić information content (AvgIpc) is 3.21. The van der Waals surface area contributed by atoms with Crippen LogP contribution in [0.5, 0.6) is 5.75 Å². The molecule has 0 aliphatic rings. The number of hydrogen-bond donors (Lipinski definition) is 1. The van der Waals surface area contributed by atoms with Gasteiger partial charge in [-0.05, 0) is 79.3 Å². The maximum absolute atomic E-state index is 12.9. The summed E-state index contributed by atoms with van der Waals surface area (Å²) in [7, 11) is -4.20. The molecule has 1 aromatic heterocycles. The highest BCUT2D eigenvalue weighted by atomic mass is 32.2. The second kappa shape index (κ2) is 10.3. The molecule has 38 heavy (non-hydrogen) atoms. The van der Waals surface area contributed by atoms with Crippen LogP contribution in [0.3, 0.4) is 0 Å². The van der Waals surface area contributed by atoms with E-state index in [4.69, 9.17) is 9.15 Å². The fraction of sp³-hybridized carbons (Fsp3) is 0.241. The number of ether oxygens (including phenoxy) is 1.